The maximum absolute atomic E-state index is 12.4. The first-order chi connectivity index (χ1) is 11.9. The van der Waals surface area contributed by atoms with Crippen LogP contribution in [0.1, 0.15) is 20.3 Å². The molecular formula is C15H20N4O3S3. The highest BCUT2D eigenvalue weighted by atomic mass is 32.2. The third kappa shape index (κ3) is 4.24. The van der Waals surface area contributed by atoms with Gasteiger partial charge in [0.1, 0.15) is 0 Å². The number of sulfone groups is 1. The Morgan fingerprint density at radius 1 is 1.52 bits per heavy atom. The summed E-state index contributed by atoms with van der Waals surface area (Å²) in [6.07, 6.45) is 0.485. The van der Waals surface area contributed by atoms with Gasteiger partial charge >= 0.3 is 0 Å². The van der Waals surface area contributed by atoms with E-state index in [4.69, 9.17) is 0 Å². The molecule has 0 saturated carbocycles. The number of rotatable bonds is 6. The lowest BCUT2D eigenvalue weighted by atomic mass is 10.2. The van der Waals surface area contributed by atoms with Gasteiger partial charge in [-0.25, -0.2) is 8.42 Å². The zero-order valence-electron chi connectivity index (χ0n) is 14.0. The summed E-state index contributed by atoms with van der Waals surface area (Å²) in [4.78, 5) is 13.4. The van der Waals surface area contributed by atoms with E-state index in [1.54, 1.807) is 18.3 Å². The second-order valence-electron chi connectivity index (χ2n) is 5.90. The van der Waals surface area contributed by atoms with Crippen molar-refractivity contribution in [3.63, 3.8) is 0 Å². The number of hydrogen-bond acceptors (Lipinski definition) is 7. The average Bonchev–Trinajstić information content (AvgIpc) is 3.26. The summed E-state index contributed by atoms with van der Waals surface area (Å²) >= 11 is 2.93. The number of thiophene rings is 1. The van der Waals surface area contributed by atoms with E-state index < -0.39 is 9.84 Å². The maximum Gasteiger partial charge on any atom is 0.233 e. The fourth-order valence-electron chi connectivity index (χ4n) is 2.69. The molecule has 0 aromatic carbocycles. The van der Waals surface area contributed by atoms with Gasteiger partial charge in [-0.05, 0) is 31.7 Å². The average molecular weight is 401 g/mol. The van der Waals surface area contributed by atoms with Crippen molar-refractivity contribution < 1.29 is 13.2 Å². The minimum atomic E-state index is -3.00. The SMILES string of the molecule is CCn1c(S[C@@H](C)C(=O)N[C@@H]2CCS(=O)(=O)C2)nnc1-c1cccs1. The molecule has 1 saturated heterocycles. The van der Waals surface area contributed by atoms with E-state index in [1.807, 2.05) is 29.0 Å². The molecule has 2 aromatic heterocycles. The topological polar surface area (TPSA) is 94.0 Å². The third-order valence-corrected chi connectivity index (χ3v) is 7.72. The highest BCUT2D eigenvalue weighted by Crippen LogP contribution is 2.29. The van der Waals surface area contributed by atoms with Crippen LogP contribution in [-0.4, -0.2) is 51.9 Å². The Labute approximate surface area is 155 Å². The summed E-state index contributed by atoms with van der Waals surface area (Å²) < 4.78 is 25.0. The maximum atomic E-state index is 12.4. The van der Waals surface area contributed by atoms with Crippen LogP contribution in [0.5, 0.6) is 0 Å². The molecule has 0 unspecified atom stereocenters. The molecule has 0 bridgehead atoms. The molecule has 0 aliphatic carbocycles. The number of nitrogens with zero attached hydrogens (tertiary/aromatic N) is 3. The first-order valence-corrected chi connectivity index (χ1v) is 11.6. The summed E-state index contributed by atoms with van der Waals surface area (Å²) in [5.74, 6) is 0.808. The van der Waals surface area contributed by atoms with Crippen LogP contribution in [0.2, 0.25) is 0 Å². The second-order valence-corrected chi connectivity index (χ2v) is 10.4. The van der Waals surface area contributed by atoms with Crippen LogP contribution < -0.4 is 5.32 Å². The minimum Gasteiger partial charge on any atom is -0.351 e. The molecule has 2 atom stereocenters. The summed E-state index contributed by atoms with van der Waals surface area (Å²) in [7, 11) is -3.00. The van der Waals surface area contributed by atoms with Crippen molar-refractivity contribution >= 4 is 38.8 Å². The number of aromatic nitrogens is 3. The van der Waals surface area contributed by atoms with Crippen molar-refractivity contribution in [2.45, 2.75) is 43.3 Å². The van der Waals surface area contributed by atoms with Gasteiger partial charge < -0.3 is 9.88 Å². The van der Waals surface area contributed by atoms with Crippen LogP contribution in [0.3, 0.4) is 0 Å². The van der Waals surface area contributed by atoms with E-state index >= 15 is 0 Å². The Hall–Kier alpha value is -1.39. The molecule has 3 rings (SSSR count). The molecule has 25 heavy (non-hydrogen) atoms. The summed E-state index contributed by atoms with van der Waals surface area (Å²) in [6, 6.07) is 3.67. The van der Waals surface area contributed by atoms with Crippen LogP contribution in [0.25, 0.3) is 10.7 Å². The minimum absolute atomic E-state index is 0.0315. The van der Waals surface area contributed by atoms with Crippen LogP contribution in [0.4, 0.5) is 0 Å². The molecule has 7 nitrogen and oxygen atoms in total. The van der Waals surface area contributed by atoms with Crippen LogP contribution in [-0.2, 0) is 21.2 Å². The zero-order chi connectivity index (χ0) is 18.0. The second kappa shape index (κ2) is 7.46. The number of thioether (sulfide) groups is 1. The Bertz CT molecular complexity index is 846. The molecule has 1 fully saturated rings. The zero-order valence-corrected chi connectivity index (χ0v) is 16.5. The van der Waals surface area contributed by atoms with Crippen molar-refractivity contribution in [1.82, 2.24) is 20.1 Å². The Morgan fingerprint density at radius 3 is 2.92 bits per heavy atom. The molecule has 0 spiro atoms. The lowest BCUT2D eigenvalue weighted by molar-refractivity contribution is -0.120. The molecule has 136 valence electrons. The third-order valence-electron chi connectivity index (χ3n) is 4.00. The van der Waals surface area contributed by atoms with Crippen LogP contribution >= 0.6 is 23.1 Å². The van der Waals surface area contributed by atoms with Gasteiger partial charge in [-0.3, -0.25) is 4.79 Å². The molecule has 0 radical (unpaired) electrons. The van der Waals surface area contributed by atoms with Crippen molar-refractivity contribution in [2.24, 2.45) is 0 Å². The Morgan fingerprint density at radius 2 is 2.32 bits per heavy atom. The van der Waals surface area contributed by atoms with Gasteiger partial charge in [0, 0.05) is 12.6 Å². The lowest BCUT2D eigenvalue weighted by Crippen LogP contribution is -2.40. The molecule has 1 aliphatic rings. The van der Waals surface area contributed by atoms with Gasteiger partial charge in [0.25, 0.3) is 0 Å². The molecule has 2 aromatic rings. The van der Waals surface area contributed by atoms with E-state index in [2.05, 4.69) is 15.5 Å². The highest BCUT2D eigenvalue weighted by molar-refractivity contribution is 8.00. The smallest absolute Gasteiger partial charge is 0.233 e. The van der Waals surface area contributed by atoms with Gasteiger partial charge in [-0.1, -0.05) is 17.8 Å². The fourth-order valence-corrected chi connectivity index (χ4v) is 6.00. The summed E-state index contributed by atoms with van der Waals surface area (Å²) in [5.41, 5.74) is 0. The standard InChI is InChI=1S/C15H20N4O3S3/c1-3-19-13(12-5-4-7-23-12)17-18-15(19)24-10(2)14(20)16-11-6-8-25(21,22)9-11/h4-5,7,10-11H,3,6,8-9H2,1-2H3,(H,16,20)/t10-,11+/m0/s1. The van der Waals surface area contributed by atoms with E-state index in [0.717, 1.165) is 10.7 Å². The first kappa shape index (κ1) is 18.4. The molecule has 3 heterocycles. The normalized spacial score (nSPS) is 20.5. The van der Waals surface area contributed by atoms with Gasteiger partial charge in [-0.15, -0.1) is 21.5 Å². The van der Waals surface area contributed by atoms with E-state index in [-0.39, 0.29) is 28.7 Å². The first-order valence-electron chi connectivity index (χ1n) is 8.04. The van der Waals surface area contributed by atoms with E-state index in [9.17, 15) is 13.2 Å². The number of carbonyl (C=O) groups excluding carboxylic acids is 1. The van der Waals surface area contributed by atoms with Crippen molar-refractivity contribution in [1.29, 1.82) is 0 Å². The van der Waals surface area contributed by atoms with Crippen molar-refractivity contribution in [2.75, 3.05) is 11.5 Å². The predicted molar refractivity (Wildman–Crippen MR) is 99.5 cm³/mol. The number of hydrogen-bond donors (Lipinski definition) is 1. The predicted octanol–water partition coefficient (Wildman–Crippen LogP) is 1.81. The van der Waals surface area contributed by atoms with Gasteiger partial charge in [0.15, 0.2) is 20.8 Å². The fraction of sp³-hybridized carbons (Fsp3) is 0.533. The number of amides is 1. The van der Waals surface area contributed by atoms with E-state index in [0.29, 0.717) is 18.1 Å². The van der Waals surface area contributed by atoms with E-state index in [1.165, 1.54) is 11.8 Å². The molecule has 1 N–H and O–H groups in total. The largest absolute Gasteiger partial charge is 0.351 e. The van der Waals surface area contributed by atoms with Gasteiger partial charge in [0.05, 0.1) is 21.6 Å². The highest BCUT2D eigenvalue weighted by Gasteiger charge is 2.30. The molecular weight excluding hydrogens is 380 g/mol. The quantitative estimate of drug-likeness (QED) is 0.743. The Balaban J connectivity index is 1.66. The van der Waals surface area contributed by atoms with Gasteiger partial charge in [-0.2, -0.15) is 0 Å². The summed E-state index contributed by atoms with van der Waals surface area (Å²) in [6.45, 7) is 4.51. The van der Waals surface area contributed by atoms with Crippen molar-refractivity contribution in [3.8, 4) is 10.7 Å². The monoisotopic (exact) mass is 400 g/mol. The number of carbonyl (C=O) groups is 1. The van der Waals surface area contributed by atoms with Crippen molar-refractivity contribution in [3.05, 3.63) is 17.5 Å². The van der Waals surface area contributed by atoms with Gasteiger partial charge in [0.2, 0.25) is 5.91 Å². The molecule has 1 aliphatic heterocycles. The van der Waals surface area contributed by atoms with Crippen LogP contribution in [0.15, 0.2) is 22.7 Å². The Kier molecular flexibility index (Phi) is 5.49. The summed E-state index contributed by atoms with van der Waals surface area (Å²) in [5, 5.41) is 13.6. The molecule has 1 amide bonds. The molecule has 10 heteroatoms. The number of nitrogens with one attached hydrogen (secondary N) is 1. The lowest BCUT2D eigenvalue weighted by Gasteiger charge is -2.15. The van der Waals surface area contributed by atoms with Crippen LogP contribution in [0, 0.1) is 0 Å².